The Bertz CT molecular complexity index is 1840. The molecule has 1 spiro atoms. The van der Waals surface area contributed by atoms with Gasteiger partial charge in [-0.15, -0.1) is 0 Å². The first-order chi connectivity index (χ1) is 20.2. The van der Waals surface area contributed by atoms with Crippen molar-refractivity contribution in [2.75, 3.05) is 10.6 Å². The Hall–Kier alpha value is -5.03. The fourth-order valence-electron chi connectivity index (χ4n) is 5.93. The van der Waals surface area contributed by atoms with E-state index < -0.39 is 5.60 Å². The lowest BCUT2D eigenvalue weighted by Crippen LogP contribution is -2.33. The molecule has 5 aromatic carbocycles. The van der Waals surface area contributed by atoms with Gasteiger partial charge in [-0.2, -0.15) is 0 Å². The molecule has 0 aliphatic carbocycles. The van der Waals surface area contributed by atoms with Crippen LogP contribution in [0.4, 0.5) is 22.7 Å². The predicted molar refractivity (Wildman–Crippen MR) is 168 cm³/mol. The van der Waals surface area contributed by atoms with Gasteiger partial charge >= 0.3 is 5.97 Å². The number of para-hydroxylation sites is 1. The highest BCUT2D eigenvalue weighted by molar-refractivity contribution is 5.97. The molecular formula is C37H32N2O3. The number of ether oxygens (including phenoxy) is 2. The minimum absolute atomic E-state index is 0.0868. The molecule has 208 valence electrons. The van der Waals surface area contributed by atoms with E-state index in [9.17, 15) is 4.79 Å². The summed E-state index contributed by atoms with van der Waals surface area (Å²) in [5, 5.41) is 7.04. The van der Waals surface area contributed by atoms with E-state index >= 15 is 0 Å². The van der Waals surface area contributed by atoms with E-state index in [-0.39, 0.29) is 11.4 Å². The Morgan fingerprint density at radius 3 is 2.07 bits per heavy atom. The molecular weight excluding hydrogens is 520 g/mol. The first kappa shape index (κ1) is 25.9. The van der Waals surface area contributed by atoms with Crippen LogP contribution < -0.4 is 15.4 Å². The molecule has 0 saturated heterocycles. The number of esters is 1. The number of hydrogen-bond donors (Lipinski definition) is 2. The molecule has 1 unspecified atom stereocenters. The van der Waals surface area contributed by atoms with E-state index in [2.05, 4.69) is 61.7 Å². The summed E-state index contributed by atoms with van der Waals surface area (Å²) in [6, 6.07) is 36.2. The molecule has 0 aromatic heterocycles. The summed E-state index contributed by atoms with van der Waals surface area (Å²) in [5.74, 6) is 0.963. The van der Waals surface area contributed by atoms with Crippen molar-refractivity contribution in [2.24, 2.45) is 0 Å². The van der Waals surface area contributed by atoms with Crippen LogP contribution in [-0.2, 0) is 15.8 Å². The summed E-state index contributed by atoms with van der Waals surface area (Å²) in [6.07, 6.45) is 0. The van der Waals surface area contributed by atoms with Crippen LogP contribution in [-0.4, -0.2) is 5.97 Å². The molecule has 2 aliphatic heterocycles. The molecule has 7 rings (SSSR count). The molecule has 42 heavy (non-hydrogen) atoms. The lowest BCUT2D eigenvalue weighted by atomic mass is 9.77. The number of aryl methyl sites for hydroxylation is 1. The van der Waals surface area contributed by atoms with Gasteiger partial charge in [0.25, 0.3) is 0 Å². The SMILES string of the molecule is Cc1cc2c(cc1Nc1ccccc1)C1(OC(=O)c3ccccc31)c1ccc(Nc3ccc(C(C)(C)C)cc3)cc1O2. The normalized spacial score (nSPS) is 16.6. The number of carbonyl (C=O) groups is 1. The van der Waals surface area contributed by atoms with E-state index in [0.717, 1.165) is 45.0 Å². The third kappa shape index (κ3) is 4.20. The van der Waals surface area contributed by atoms with Crippen LogP contribution in [0.25, 0.3) is 0 Å². The van der Waals surface area contributed by atoms with Gasteiger partial charge in [0.05, 0.1) is 5.56 Å². The summed E-state index contributed by atoms with van der Waals surface area (Å²) in [5.41, 5.74) is 7.96. The first-order valence-electron chi connectivity index (χ1n) is 14.2. The van der Waals surface area contributed by atoms with Gasteiger partial charge < -0.3 is 20.1 Å². The predicted octanol–water partition coefficient (Wildman–Crippen LogP) is 9.35. The minimum Gasteiger partial charge on any atom is -0.456 e. The van der Waals surface area contributed by atoms with Crippen molar-refractivity contribution < 1.29 is 14.3 Å². The number of benzene rings is 5. The van der Waals surface area contributed by atoms with Gasteiger partial charge in [-0.3, -0.25) is 0 Å². The third-order valence-corrected chi connectivity index (χ3v) is 8.15. The lowest BCUT2D eigenvalue weighted by molar-refractivity contribution is 0.0224. The molecule has 2 aliphatic rings. The molecule has 2 heterocycles. The number of rotatable bonds is 4. The molecule has 0 amide bonds. The van der Waals surface area contributed by atoms with Crippen LogP contribution in [0.15, 0.2) is 109 Å². The maximum absolute atomic E-state index is 13.3. The van der Waals surface area contributed by atoms with Gasteiger partial charge in [0, 0.05) is 45.5 Å². The minimum atomic E-state index is -1.13. The van der Waals surface area contributed by atoms with E-state index in [1.165, 1.54) is 5.56 Å². The van der Waals surface area contributed by atoms with Crippen LogP contribution >= 0.6 is 0 Å². The summed E-state index contributed by atoms with van der Waals surface area (Å²) in [4.78, 5) is 13.3. The molecule has 5 nitrogen and oxygen atoms in total. The fourth-order valence-corrected chi connectivity index (χ4v) is 5.93. The van der Waals surface area contributed by atoms with E-state index in [1.807, 2.05) is 85.8 Å². The molecule has 5 aromatic rings. The van der Waals surface area contributed by atoms with Gasteiger partial charge in [0.2, 0.25) is 0 Å². The second-order valence-corrected chi connectivity index (χ2v) is 12.0. The largest absolute Gasteiger partial charge is 0.456 e. The highest BCUT2D eigenvalue weighted by Gasteiger charge is 2.53. The topological polar surface area (TPSA) is 59.6 Å². The van der Waals surface area contributed by atoms with Crippen molar-refractivity contribution in [2.45, 2.75) is 38.7 Å². The number of carbonyl (C=O) groups excluding carboxylic acids is 1. The molecule has 0 radical (unpaired) electrons. The van der Waals surface area contributed by atoms with Gasteiger partial charge in [0.15, 0.2) is 5.60 Å². The van der Waals surface area contributed by atoms with Crippen LogP contribution in [0.3, 0.4) is 0 Å². The Morgan fingerprint density at radius 2 is 1.31 bits per heavy atom. The molecule has 0 saturated carbocycles. The van der Waals surface area contributed by atoms with Gasteiger partial charge in [-0.25, -0.2) is 4.79 Å². The van der Waals surface area contributed by atoms with Crippen LogP contribution in [0.2, 0.25) is 0 Å². The van der Waals surface area contributed by atoms with E-state index in [0.29, 0.717) is 17.1 Å². The van der Waals surface area contributed by atoms with Gasteiger partial charge in [0.1, 0.15) is 11.5 Å². The number of hydrogen-bond acceptors (Lipinski definition) is 5. The number of nitrogens with one attached hydrogen (secondary N) is 2. The Balaban J connectivity index is 1.34. The van der Waals surface area contributed by atoms with Crippen molar-refractivity contribution in [3.05, 3.63) is 143 Å². The highest BCUT2D eigenvalue weighted by Crippen LogP contribution is 2.57. The zero-order valence-electron chi connectivity index (χ0n) is 24.1. The maximum Gasteiger partial charge on any atom is 0.340 e. The average Bonchev–Trinajstić information content (AvgIpc) is 3.27. The van der Waals surface area contributed by atoms with Crippen molar-refractivity contribution >= 4 is 28.7 Å². The second-order valence-electron chi connectivity index (χ2n) is 12.0. The van der Waals surface area contributed by atoms with Gasteiger partial charge in [-0.1, -0.05) is 69.3 Å². The lowest BCUT2D eigenvalue weighted by Gasteiger charge is -2.37. The van der Waals surface area contributed by atoms with Crippen molar-refractivity contribution in [1.82, 2.24) is 0 Å². The quantitative estimate of drug-likeness (QED) is 0.218. The van der Waals surface area contributed by atoms with Crippen molar-refractivity contribution in [3.63, 3.8) is 0 Å². The molecule has 0 bridgehead atoms. The second kappa shape index (κ2) is 9.52. The summed E-state index contributed by atoms with van der Waals surface area (Å²) in [7, 11) is 0. The standard InChI is InChI=1S/C37H32N2O3/c1-23-20-33-31(22-32(23)39-25-10-6-5-7-11-25)37(29-13-9-8-12-28(29)35(40)42-37)30-19-18-27(21-34(30)41-33)38-26-16-14-24(15-17-26)36(2,3)4/h5-22,38-39H,1-4H3. The monoisotopic (exact) mass is 552 g/mol. The molecule has 0 fully saturated rings. The molecule has 1 atom stereocenters. The zero-order chi connectivity index (χ0) is 29.1. The van der Waals surface area contributed by atoms with Gasteiger partial charge in [-0.05, 0) is 78.1 Å². The third-order valence-electron chi connectivity index (χ3n) is 8.15. The van der Waals surface area contributed by atoms with Crippen molar-refractivity contribution in [1.29, 1.82) is 0 Å². The Kier molecular flexibility index (Phi) is 5.87. The highest BCUT2D eigenvalue weighted by atomic mass is 16.6. The average molecular weight is 553 g/mol. The number of anilines is 4. The molecule has 5 heteroatoms. The van der Waals surface area contributed by atoms with Crippen LogP contribution in [0.1, 0.15) is 58.9 Å². The smallest absolute Gasteiger partial charge is 0.340 e. The first-order valence-corrected chi connectivity index (χ1v) is 14.2. The fraction of sp³-hybridized carbons (Fsp3) is 0.162. The van der Waals surface area contributed by atoms with E-state index in [4.69, 9.17) is 9.47 Å². The Morgan fingerprint density at radius 1 is 0.643 bits per heavy atom. The van der Waals surface area contributed by atoms with Crippen LogP contribution in [0.5, 0.6) is 11.5 Å². The summed E-state index contributed by atoms with van der Waals surface area (Å²) in [6.45, 7) is 8.67. The van der Waals surface area contributed by atoms with Crippen LogP contribution in [0, 0.1) is 6.92 Å². The zero-order valence-corrected chi connectivity index (χ0v) is 24.1. The Labute approximate surface area is 246 Å². The molecule has 2 N–H and O–H groups in total. The van der Waals surface area contributed by atoms with E-state index in [1.54, 1.807) is 0 Å². The summed E-state index contributed by atoms with van der Waals surface area (Å²) >= 11 is 0. The maximum atomic E-state index is 13.3. The van der Waals surface area contributed by atoms with Crippen molar-refractivity contribution in [3.8, 4) is 11.5 Å². The summed E-state index contributed by atoms with van der Waals surface area (Å²) < 4.78 is 13.0. The number of fused-ring (bicyclic) bond motifs is 6.